The summed E-state index contributed by atoms with van der Waals surface area (Å²) in [5.74, 6) is 0. The zero-order valence-electron chi connectivity index (χ0n) is 10.4. The van der Waals surface area contributed by atoms with E-state index < -0.39 is 0 Å². The van der Waals surface area contributed by atoms with Gasteiger partial charge in [-0.05, 0) is 42.4 Å². The van der Waals surface area contributed by atoms with E-state index >= 15 is 0 Å². The van der Waals surface area contributed by atoms with Gasteiger partial charge in [-0.3, -0.25) is 0 Å². The molecule has 0 saturated heterocycles. The van der Waals surface area contributed by atoms with Crippen molar-refractivity contribution < 1.29 is 0 Å². The standard InChI is InChI=1S/C14H21BrN2/c1-2-5-14(6-7-14)10-17-9-11-3-4-12(15)8-13(11)16/h3-4,8,17H,2,5-7,9-10,16H2,1H3. The quantitative estimate of drug-likeness (QED) is 0.786. The smallest absolute Gasteiger partial charge is 0.0370 e. The number of rotatable bonds is 6. The first-order valence-corrected chi connectivity index (χ1v) is 7.19. The second-order valence-corrected chi connectivity index (χ2v) is 6.11. The van der Waals surface area contributed by atoms with Gasteiger partial charge in [-0.1, -0.05) is 35.3 Å². The van der Waals surface area contributed by atoms with Gasteiger partial charge in [-0.15, -0.1) is 0 Å². The highest BCUT2D eigenvalue weighted by atomic mass is 79.9. The Labute approximate surface area is 112 Å². The van der Waals surface area contributed by atoms with Gasteiger partial charge in [-0.2, -0.15) is 0 Å². The lowest BCUT2D eigenvalue weighted by molar-refractivity contribution is 0.421. The molecule has 1 fully saturated rings. The molecule has 0 bridgehead atoms. The molecule has 0 radical (unpaired) electrons. The normalized spacial score (nSPS) is 17.1. The van der Waals surface area contributed by atoms with Crippen molar-refractivity contribution in [2.45, 2.75) is 39.2 Å². The van der Waals surface area contributed by atoms with Crippen LogP contribution < -0.4 is 11.1 Å². The van der Waals surface area contributed by atoms with Gasteiger partial charge in [0.25, 0.3) is 0 Å². The van der Waals surface area contributed by atoms with Crippen molar-refractivity contribution >= 4 is 21.6 Å². The van der Waals surface area contributed by atoms with E-state index in [2.05, 4.69) is 34.2 Å². The van der Waals surface area contributed by atoms with Crippen molar-refractivity contribution in [1.82, 2.24) is 5.32 Å². The third-order valence-electron chi connectivity index (χ3n) is 3.66. The van der Waals surface area contributed by atoms with E-state index in [0.717, 1.165) is 23.2 Å². The second kappa shape index (κ2) is 5.40. The van der Waals surface area contributed by atoms with Gasteiger partial charge in [0.1, 0.15) is 0 Å². The predicted molar refractivity (Wildman–Crippen MR) is 76.8 cm³/mol. The molecule has 0 spiro atoms. The molecule has 0 amide bonds. The lowest BCUT2D eigenvalue weighted by atomic mass is 10.0. The molecule has 1 aliphatic rings. The van der Waals surface area contributed by atoms with Crippen LogP contribution in [0.5, 0.6) is 0 Å². The third kappa shape index (κ3) is 3.46. The maximum Gasteiger partial charge on any atom is 0.0370 e. The Morgan fingerprint density at radius 1 is 1.41 bits per heavy atom. The molecule has 1 saturated carbocycles. The van der Waals surface area contributed by atoms with Crippen LogP contribution in [0.3, 0.4) is 0 Å². The fraction of sp³-hybridized carbons (Fsp3) is 0.571. The van der Waals surface area contributed by atoms with Gasteiger partial charge < -0.3 is 11.1 Å². The lowest BCUT2D eigenvalue weighted by Gasteiger charge is -2.15. The highest BCUT2D eigenvalue weighted by Crippen LogP contribution is 2.48. The van der Waals surface area contributed by atoms with Gasteiger partial charge >= 0.3 is 0 Å². The van der Waals surface area contributed by atoms with Crippen LogP contribution >= 0.6 is 15.9 Å². The SMILES string of the molecule is CCCC1(CNCc2ccc(Br)cc2N)CC1. The Balaban J connectivity index is 1.82. The van der Waals surface area contributed by atoms with E-state index in [1.54, 1.807) is 0 Å². The van der Waals surface area contributed by atoms with Crippen LogP contribution in [-0.2, 0) is 6.54 Å². The Hall–Kier alpha value is -0.540. The summed E-state index contributed by atoms with van der Waals surface area (Å²) in [6.45, 7) is 4.29. The Morgan fingerprint density at radius 2 is 2.18 bits per heavy atom. The van der Waals surface area contributed by atoms with Gasteiger partial charge in [0.15, 0.2) is 0 Å². The maximum atomic E-state index is 5.98. The number of anilines is 1. The van der Waals surface area contributed by atoms with Crippen molar-refractivity contribution in [3.63, 3.8) is 0 Å². The number of nitrogens with one attached hydrogen (secondary N) is 1. The van der Waals surface area contributed by atoms with E-state index in [1.165, 1.54) is 31.2 Å². The first-order chi connectivity index (χ1) is 8.15. The van der Waals surface area contributed by atoms with Crippen LogP contribution in [0, 0.1) is 5.41 Å². The first kappa shape index (κ1) is 12.9. The summed E-state index contributed by atoms with van der Waals surface area (Å²) in [7, 11) is 0. The summed E-state index contributed by atoms with van der Waals surface area (Å²) in [6.07, 6.45) is 5.44. The summed E-state index contributed by atoms with van der Waals surface area (Å²) in [6, 6.07) is 6.11. The highest BCUT2D eigenvalue weighted by Gasteiger charge is 2.40. The fourth-order valence-corrected chi connectivity index (χ4v) is 2.79. The minimum absolute atomic E-state index is 0.610. The van der Waals surface area contributed by atoms with E-state index in [-0.39, 0.29) is 0 Å². The highest BCUT2D eigenvalue weighted by molar-refractivity contribution is 9.10. The molecule has 3 heteroatoms. The molecule has 2 rings (SSSR count). The topological polar surface area (TPSA) is 38.0 Å². The largest absolute Gasteiger partial charge is 0.398 e. The molecule has 1 aromatic carbocycles. The number of nitrogens with two attached hydrogens (primary N) is 1. The number of hydrogen-bond acceptors (Lipinski definition) is 2. The van der Waals surface area contributed by atoms with Crippen LogP contribution in [0.4, 0.5) is 5.69 Å². The third-order valence-corrected chi connectivity index (χ3v) is 4.15. The van der Waals surface area contributed by atoms with Crippen molar-refractivity contribution in [1.29, 1.82) is 0 Å². The van der Waals surface area contributed by atoms with Crippen molar-refractivity contribution in [3.8, 4) is 0 Å². The van der Waals surface area contributed by atoms with Crippen molar-refractivity contribution in [2.24, 2.45) is 5.41 Å². The van der Waals surface area contributed by atoms with Gasteiger partial charge in [-0.25, -0.2) is 0 Å². The summed E-state index contributed by atoms with van der Waals surface area (Å²) >= 11 is 3.43. The zero-order chi connectivity index (χ0) is 12.3. The summed E-state index contributed by atoms with van der Waals surface area (Å²) in [4.78, 5) is 0. The van der Waals surface area contributed by atoms with Crippen LogP contribution in [0.1, 0.15) is 38.2 Å². The van der Waals surface area contributed by atoms with Crippen LogP contribution in [0.2, 0.25) is 0 Å². The molecular formula is C14H21BrN2. The Morgan fingerprint density at radius 3 is 2.76 bits per heavy atom. The van der Waals surface area contributed by atoms with E-state index in [4.69, 9.17) is 5.73 Å². The Kier molecular flexibility index (Phi) is 4.10. The average Bonchev–Trinajstić information content (AvgIpc) is 3.02. The summed E-state index contributed by atoms with van der Waals surface area (Å²) in [5, 5.41) is 3.55. The van der Waals surface area contributed by atoms with Gasteiger partial charge in [0.2, 0.25) is 0 Å². The monoisotopic (exact) mass is 296 g/mol. The molecular weight excluding hydrogens is 276 g/mol. The predicted octanol–water partition coefficient (Wildman–Crippen LogP) is 3.70. The van der Waals surface area contributed by atoms with Gasteiger partial charge in [0, 0.05) is 23.2 Å². The molecule has 1 aromatic rings. The van der Waals surface area contributed by atoms with Crippen LogP contribution in [0.15, 0.2) is 22.7 Å². The zero-order valence-corrected chi connectivity index (χ0v) is 12.0. The Bertz CT molecular complexity index is 386. The molecule has 0 heterocycles. The molecule has 0 atom stereocenters. The molecule has 0 unspecified atom stereocenters. The van der Waals surface area contributed by atoms with Gasteiger partial charge in [0.05, 0.1) is 0 Å². The fourth-order valence-electron chi connectivity index (χ4n) is 2.41. The molecule has 94 valence electrons. The molecule has 3 N–H and O–H groups in total. The average molecular weight is 297 g/mol. The maximum absolute atomic E-state index is 5.98. The van der Waals surface area contributed by atoms with Crippen LogP contribution in [0.25, 0.3) is 0 Å². The van der Waals surface area contributed by atoms with Crippen molar-refractivity contribution in [2.75, 3.05) is 12.3 Å². The second-order valence-electron chi connectivity index (χ2n) is 5.20. The lowest BCUT2D eigenvalue weighted by Crippen LogP contribution is -2.23. The molecule has 1 aliphatic carbocycles. The molecule has 0 aliphatic heterocycles. The number of benzene rings is 1. The number of nitrogen functional groups attached to an aromatic ring is 1. The first-order valence-electron chi connectivity index (χ1n) is 6.40. The van der Waals surface area contributed by atoms with E-state index in [9.17, 15) is 0 Å². The number of halogens is 1. The molecule has 17 heavy (non-hydrogen) atoms. The minimum atomic E-state index is 0.610. The minimum Gasteiger partial charge on any atom is -0.398 e. The summed E-state index contributed by atoms with van der Waals surface area (Å²) in [5.41, 5.74) is 8.65. The summed E-state index contributed by atoms with van der Waals surface area (Å²) < 4.78 is 1.04. The van der Waals surface area contributed by atoms with Crippen molar-refractivity contribution in [3.05, 3.63) is 28.2 Å². The number of hydrogen-bond donors (Lipinski definition) is 2. The van der Waals surface area contributed by atoms with E-state index in [1.807, 2.05) is 12.1 Å². The molecule has 2 nitrogen and oxygen atoms in total. The molecule has 0 aromatic heterocycles. The van der Waals surface area contributed by atoms with E-state index in [0.29, 0.717) is 5.41 Å². The van der Waals surface area contributed by atoms with Crippen LogP contribution in [-0.4, -0.2) is 6.54 Å².